The van der Waals surface area contributed by atoms with Crippen molar-refractivity contribution in [2.75, 3.05) is 25.0 Å². The number of ether oxygens (including phenoxy) is 1. The van der Waals surface area contributed by atoms with Gasteiger partial charge in [0.1, 0.15) is 5.60 Å². The van der Waals surface area contributed by atoms with Gasteiger partial charge in [-0.15, -0.1) is 0 Å². The van der Waals surface area contributed by atoms with Gasteiger partial charge in [-0.25, -0.2) is 4.79 Å². The number of hydrogen-bond donors (Lipinski definition) is 0. The Labute approximate surface area is 209 Å². The van der Waals surface area contributed by atoms with Crippen LogP contribution in [0.15, 0.2) is 42.5 Å². The number of carbonyl (C=O) groups is 3. The number of amides is 2. The first-order valence-corrected chi connectivity index (χ1v) is 12.5. The van der Waals surface area contributed by atoms with Crippen LogP contribution in [0.4, 0.5) is 10.5 Å². The molecule has 0 spiro atoms. The number of benzene rings is 2. The zero-order chi connectivity index (χ0) is 25.6. The van der Waals surface area contributed by atoms with E-state index in [0.717, 1.165) is 24.1 Å². The number of anilines is 1. The first-order valence-electron chi connectivity index (χ1n) is 12.5. The molecule has 0 unspecified atom stereocenters. The van der Waals surface area contributed by atoms with Crippen molar-refractivity contribution < 1.29 is 19.1 Å². The quantitative estimate of drug-likeness (QED) is 0.341. The molecule has 0 saturated carbocycles. The van der Waals surface area contributed by atoms with E-state index in [0.29, 0.717) is 44.3 Å². The maximum atomic E-state index is 12.8. The molecule has 0 fully saturated rings. The molecule has 188 valence electrons. The fourth-order valence-electron chi connectivity index (χ4n) is 4.33. The number of hydrogen-bond acceptors (Lipinski definition) is 4. The molecule has 6 heteroatoms. The number of nitrogens with zero attached hydrogens (tertiary/aromatic N) is 2. The van der Waals surface area contributed by atoms with Gasteiger partial charge < -0.3 is 14.5 Å². The van der Waals surface area contributed by atoms with Crippen molar-refractivity contribution >= 4 is 23.5 Å². The summed E-state index contributed by atoms with van der Waals surface area (Å²) in [5, 5.41) is 0. The lowest BCUT2D eigenvalue weighted by Gasteiger charge is -2.27. The number of fused-ring (bicyclic) bond motifs is 1. The zero-order valence-electron chi connectivity index (χ0n) is 21.7. The monoisotopic (exact) mass is 478 g/mol. The highest BCUT2D eigenvalue weighted by Crippen LogP contribution is 2.28. The van der Waals surface area contributed by atoms with Gasteiger partial charge in [-0.3, -0.25) is 9.59 Å². The first kappa shape index (κ1) is 26.5. The Morgan fingerprint density at radius 3 is 2.49 bits per heavy atom. The standard InChI is InChI=1S/C29H38N2O4/c1-21-10-6-7-11-22(21)17-19-31(28(34)35-29(2,3)4)18-9-8-12-26(32)24-13-15-25-23(20-24)14-16-27(33)30(25)5/h6-7,10-11,13,15,20H,8-9,12,14,16-19H2,1-5H3. The van der Waals surface area contributed by atoms with Crippen LogP contribution in [0.3, 0.4) is 0 Å². The predicted molar refractivity (Wildman–Crippen MR) is 139 cm³/mol. The van der Waals surface area contributed by atoms with E-state index in [1.165, 1.54) is 11.1 Å². The van der Waals surface area contributed by atoms with E-state index >= 15 is 0 Å². The second kappa shape index (κ2) is 11.5. The van der Waals surface area contributed by atoms with Crippen LogP contribution in [0.5, 0.6) is 0 Å². The fraction of sp³-hybridized carbons (Fsp3) is 0.483. The number of ketones is 1. The first-order chi connectivity index (χ1) is 16.5. The van der Waals surface area contributed by atoms with Crippen LogP contribution in [0.1, 0.15) is 73.5 Å². The normalized spacial score (nSPS) is 13.4. The fourth-order valence-corrected chi connectivity index (χ4v) is 4.33. The molecule has 0 N–H and O–H groups in total. The van der Waals surface area contributed by atoms with Crippen LogP contribution in [-0.4, -0.2) is 48.4 Å². The van der Waals surface area contributed by atoms with Crippen LogP contribution in [0.2, 0.25) is 0 Å². The Balaban J connectivity index is 1.55. The average molecular weight is 479 g/mol. The smallest absolute Gasteiger partial charge is 0.410 e. The average Bonchev–Trinajstić information content (AvgIpc) is 2.80. The van der Waals surface area contributed by atoms with Gasteiger partial charge in [0.2, 0.25) is 5.91 Å². The van der Waals surface area contributed by atoms with Gasteiger partial charge in [-0.1, -0.05) is 24.3 Å². The van der Waals surface area contributed by atoms with Crippen molar-refractivity contribution in [3.63, 3.8) is 0 Å². The second-order valence-corrected chi connectivity index (χ2v) is 10.3. The van der Waals surface area contributed by atoms with Crippen molar-refractivity contribution in [1.82, 2.24) is 4.90 Å². The number of Topliss-reactive ketones (excluding diaryl/α,β-unsaturated/α-hetero) is 1. The van der Waals surface area contributed by atoms with E-state index in [4.69, 9.17) is 4.74 Å². The van der Waals surface area contributed by atoms with E-state index in [-0.39, 0.29) is 17.8 Å². The van der Waals surface area contributed by atoms with Gasteiger partial charge in [0.05, 0.1) is 0 Å². The summed E-state index contributed by atoms with van der Waals surface area (Å²) in [7, 11) is 1.78. The molecule has 0 atom stereocenters. The summed E-state index contributed by atoms with van der Waals surface area (Å²) in [5.74, 6) is 0.199. The highest BCUT2D eigenvalue weighted by molar-refractivity contribution is 5.99. The topological polar surface area (TPSA) is 66.9 Å². The molecule has 2 aromatic rings. The minimum absolute atomic E-state index is 0.0936. The van der Waals surface area contributed by atoms with Gasteiger partial charge in [0.25, 0.3) is 0 Å². The lowest BCUT2D eigenvalue weighted by molar-refractivity contribution is -0.118. The molecule has 0 radical (unpaired) electrons. The van der Waals surface area contributed by atoms with Gasteiger partial charge in [0, 0.05) is 44.2 Å². The van der Waals surface area contributed by atoms with Gasteiger partial charge in [-0.05, 0) is 88.3 Å². The van der Waals surface area contributed by atoms with E-state index in [1.54, 1.807) is 16.8 Å². The lowest BCUT2D eigenvalue weighted by Crippen LogP contribution is -2.38. The van der Waals surface area contributed by atoms with Crippen LogP contribution in [-0.2, 0) is 22.4 Å². The molecule has 0 bridgehead atoms. The Morgan fingerprint density at radius 1 is 1.03 bits per heavy atom. The van der Waals surface area contributed by atoms with Crippen molar-refractivity contribution in [1.29, 1.82) is 0 Å². The number of unbranched alkanes of at least 4 members (excludes halogenated alkanes) is 1. The summed E-state index contributed by atoms with van der Waals surface area (Å²) in [6.45, 7) is 8.81. The lowest BCUT2D eigenvalue weighted by atomic mass is 9.96. The van der Waals surface area contributed by atoms with Crippen LogP contribution < -0.4 is 4.90 Å². The largest absolute Gasteiger partial charge is 0.444 e. The van der Waals surface area contributed by atoms with Crippen molar-refractivity contribution in [3.05, 3.63) is 64.7 Å². The third-order valence-electron chi connectivity index (χ3n) is 6.39. The Morgan fingerprint density at radius 2 is 1.77 bits per heavy atom. The molecular formula is C29H38N2O4. The molecule has 35 heavy (non-hydrogen) atoms. The van der Waals surface area contributed by atoms with E-state index < -0.39 is 5.60 Å². The van der Waals surface area contributed by atoms with Crippen molar-refractivity contribution in [2.24, 2.45) is 0 Å². The molecule has 1 heterocycles. The zero-order valence-corrected chi connectivity index (χ0v) is 21.7. The number of carbonyl (C=O) groups excluding carboxylic acids is 3. The second-order valence-electron chi connectivity index (χ2n) is 10.3. The Hall–Kier alpha value is -3.15. The van der Waals surface area contributed by atoms with Crippen molar-refractivity contribution in [3.8, 4) is 0 Å². The molecule has 6 nitrogen and oxygen atoms in total. The molecule has 1 aliphatic rings. The highest BCUT2D eigenvalue weighted by Gasteiger charge is 2.23. The molecule has 0 saturated heterocycles. The minimum atomic E-state index is -0.556. The SMILES string of the molecule is Cc1ccccc1CCN(CCCCC(=O)c1ccc2c(c1)CCC(=O)N2C)C(=O)OC(C)(C)C. The highest BCUT2D eigenvalue weighted by atomic mass is 16.6. The van der Waals surface area contributed by atoms with Crippen LogP contribution in [0.25, 0.3) is 0 Å². The molecular weight excluding hydrogens is 440 g/mol. The van der Waals surface area contributed by atoms with Crippen LogP contribution >= 0.6 is 0 Å². The van der Waals surface area contributed by atoms with Gasteiger partial charge in [0.15, 0.2) is 5.78 Å². The molecule has 1 aliphatic heterocycles. The van der Waals surface area contributed by atoms with Crippen LogP contribution in [0, 0.1) is 6.92 Å². The number of rotatable bonds is 9. The third-order valence-corrected chi connectivity index (χ3v) is 6.39. The summed E-state index contributed by atoms with van der Waals surface area (Å²) >= 11 is 0. The van der Waals surface area contributed by atoms with Gasteiger partial charge >= 0.3 is 6.09 Å². The Kier molecular flexibility index (Phi) is 8.71. The molecule has 0 aliphatic carbocycles. The summed E-state index contributed by atoms with van der Waals surface area (Å²) in [6.07, 6.45) is 3.43. The van der Waals surface area contributed by atoms with E-state index in [2.05, 4.69) is 19.1 Å². The molecule has 2 aromatic carbocycles. The van der Waals surface area contributed by atoms with Crippen molar-refractivity contribution in [2.45, 2.75) is 71.8 Å². The summed E-state index contributed by atoms with van der Waals surface area (Å²) in [6, 6.07) is 13.8. The van der Waals surface area contributed by atoms with E-state index in [9.17, 15) is 14.4 Å². The maximum Gasteiger partial charge on any atom is 0.410 e. The summed E-state index contributed by atoms with van der Waals surface area (Å²) in [4.78, 5) is 40.9. The molecule has 0 aromatic heterocycles. The number of aryl methyl sites for hydroxylation is 2. The minimum Gasteiger partial charge on any atom is -0.444 e. The van der Waals surface area contributed by atoms with Gasteiger partial charge in [-0.2, -0.15) is 0 Å². The summed E-state index contributed by atoms with van der Waals surface area (Å²) in [5.41, 5.74) is 4.50. The Bertz CT molecular complexity index is 1070. The third kappa shape index (κ3) is 7.41. The summed E-state index contributed by atoms with van der Waals surface area (Å²) < 4.78 is 5.63. The molecule has 2 amide bonds. The molecule has 3 rings (SSSR count). The predicted octanol–water partition coefficient (Wildman–Crippen LogP) is 5.74. The van der Waals surface area contributed by atoms with E-state index in [1.807, 2.05) is 51.1 Å². The maximum absolute atomic E-state index is 12.8.